The fourth-order valence-electron chi connectivity index (χ4n) is 2.08. The number of nitrogens with zero attached hydrogens (tertiary/aromatic N) is 1. The van der Waals surface area contributed by atoms with E-state index in [-0.39, 0.29) is 24.3 Å². The van der Waals surface area contributed by atoms with Crippen molar-refractivity contribution in [2.45, 2.75) is 19.4 Å². The Balaban J connectivity index is 2.84. The summed E-state index contributed by atoms with van der Waals surface area (Å²) in [6.45, 7) is 9.69. The summed E-state index contributed by atoms with van der Waals surface area (Å²) in [5.74, 6) is -0.201. The minimum atomic E-state index is -0.326. The van der Waals surface area contributed by atoms with Gasteiger partial charge in [-0.1, -0.05) is 42.5 Å². The summed E-state index contributed by atoms with van der Waals surface area (Å²) in [6.07, 6.45) is 3.57. The first kappa shape index (κ1) is 16.7. The predicted octanol–water partition coefficient (Wildman–Crippen LogP) is 2.45. The topological polar surface area (TPSA) is 49.4 Å². The summed E-state index contributed by atoms with van der Waals surface area (Å²) in [4.78, 5) is 25.4. The van der Waals surface area contributed by atoms with Crippen LogP contribution in [0.3, 0.4) is 0 Å². The second kappa shape index (κ2) is 8.74. The molecule has 1 unspecified atom stereocenters. The van der Waals surface area contributed by atoms with E-state index >= 15 is 0 Å². The molecule has 0 radical (unpaired) electrons. The Morgan fingerprint density at radius 1 is 1.19 bits per heavy atom. The van der Waals surface area contributed by atoms with Crippen LogP contribution in [-0.2, 0) is 9.59 Å². The predicted molar refractivity (Wildman–Crippen MR) is 84.6 cm³/mol. The van der Waals surface area contributed by atoms with Gasteiger partial charge in [-0.25, -0.2) is 0 Å². The number of hydrogen-bond donors (Lipinski definition) is 1. The summed E-state index contributed by atoms with van der Waals surface area (Å²) >= 11 is 0. The first-order chi connectivity index (χ1) is 10.1. The minimum Gasteiger partial charge on any atom is -0.349 e. The van der Waals surface area contributed by atoms with Gasteiger partial charge in [0.15, 0.2) is 0 Å². The normalized spacial score (nSPS) is 11.3. The van der Waals surface area contributed by atoms with Crippen LogP contribution in [0, 0.1) is 0 Å². The van der Waals surface area contributed by atoms with E-state index in [0.29, 0.717) is 13.1 Å². The van der Waals surface area contributed by atoms with Gasteiger partial charge >= 0.3 is 0 Å². The van der Waals surface area contributed by atoms with Gasteiger partial charge in [0, 0.05) is 20.0 Å². The second-order valence-corrected chi connectivity index (χ2v) is 4.74. The number of hydrogen-bond acceptors (Lipinski definition) is 2. The lowest BCUT2D eigenvalue weighted by atomic mass is 10.0. The largest absolute Gasteiger partial charge is 0.349 e. The quantitative estimate of drug-likeness (QED) is 0.746. The molecule has 1 N–H and O–H groups in total. The lowest BCUT2D eigenvalue weighted by Gasteiger charge is -2.24. The molecule has 1 rings (SSSR count). The zero-order chi connectivity index (χ0) is 15.7. The lowest BCUT2D eigenvalue weighted by Crippen LogP contribution is -2.36. The molecule has 0 saturated heterocycles. The molecule has 0 fully saturated rings. The Morgan fingerprint density at radius 3 is 2.24 bits per heavy atom. The maximum atomic E-state index is 12.4. The molecule has 112 valence electrons. The number of carbonyl (C=O) groups is 2. The number of amides is 2. The van der Waals surface area contributed by atoms with Gasteiger partial charge in [-0.05, 0) is 5.56 Å². The maximum absolute atomic E-state index is 12.4. The van der Waals surface area contributed by atoms with Crippen molar-refractivity contribution >= 4 is 11.8 Å². The Labute approximate surface area is 126 Å². The molecule has 21 heavy (non-hydrogen) atoms. The van der Waals surface area contributed by atoms with E-state index in [0.717, 1.165) is 5.56 Å². The van der Waals surface area contributed by atoms with Crippen LogP contribution in [0.4, 0.5) is 0 Å². The van der Waals surface area contributed by atoms with Crippen molar-refractivity contribution in [1.82, 2.24) is 10.2 Å². The van der Waals surface area contributed by atoms with E-state index in [9.17, 15) is 9.59 Å². The van der Waals surface area contributed by atoms with Crippen molar-refractivity contribution in [2.24, 2.45) is 0 Å². The van der Waals surface area contributed by atoms with Crippen molar-refractivity contribution in [3.05, 3.63) is 61.2 Å². The molecule has 4 heteroatoms. The second-order valence-electron chi connectivity index (χ2n) is 4.74. The van der Waals surface area contributed by atoms with Crippen LogP contribution in [-0.4, -0.2) is 29.8 Å². The number of nitrogens with one attached hydrogen (secondary N) is 1. The molecule has 4 nitrogen and oxygen atoms in total. The molecule has 0 heterocycles. The van der Waals surface area contributed by atoms with Crippen LogP contribution in [0.2, 0.25) is 0 Å². The third-order valence-electron chi connectivity index (χ3n) is 3.01. The highest BCUT2D eigenvalue weighted by atomic mass is 16.2. The standard InChI is InChI=1S/C17H22N2O2/c1-4-11-19(12-5-2)17(21)13-16(18-14(3)20)15-9-7-6-8-10-15/h4-10,16H,1-2,11-13H2,3H3,(H,18,20). The molecule has 0 aliphatic heterocycles. The van der Waals surface area contributed by atoms with E-state index in [1.165, 1.54) is 6.92 Å². The van der Waals surface area contributed by atoms with Gasteiger partial charge in [-0.2, -0.15) is 0 Å². The highest BCUT2D eigenvalue weighted by Crippen LogP contribution is 2.17. The van der Waals surface area contributed by atoms with Crippen molar-refractivity contribution in [3.8, 4) is 0 Å². The van der Waals surface area contributed by atoms with Gasteiger partial charge in [-0.3, -0.25) is 9.59 Å². The van der Waals surface area contributed by atoms with Crippen LogP contribution in [0.1, 0.15) is 24.9 Å². The Bertz CT molecular complexity index is 487. The van der Waals surface area contributed by atoms with Gasteiger partial charge in [0.25, 0.3) is 0 Å². The molecular weight excluding hydrogens is 264 g/mol. The SMILES string of the molecule is C=CCN(CC=C)C(=O)CC(NC(C)=O)c1ccccc1. The fraction of sp³-hybridized carbons (Fsp3) is 0.294. The number of rotatable bonds is 8. The fourth-order valence-corrected chi connectivity index (χ4v) is 2.08. The van der Waals surface area contributed by atoms with Gasteiger partial charge < -0.3 is 10.2 Å². The van der Waals surface area contributed by atoms with Gasteiger partial charge in [0.05, 0.1) is 12.5 Å². The van der Waals surface area contributed by atoms with Crippen LogP contribution in [0.5, 0.6) is 0 Å². The molecule has 0 bridgehead atoms. The van der Waals surface area contributed by atoms with E-state index in [1.54, 1.807) is 17.1 Å². The highest BCUT2D eigenvalue weighted by molar-refractivity contribution is 5.79. The lowest BCUT2D eigenvalue weighted by molar-refractivity contribution is -0.131. The third kappa shape index (κ3) is 5.65. The Kier molecular flexibility index (Phi) is 6.95. The first-order valence-electron chi connectivity index (χ1n) is 6.90. The molecule has 0 saturated carbocycles. The molecule has 0 aliphatic carbocycles. The molecule has 1 aromatic carbocycles. The number of carbonyl (C=O) groups excluding carboxylic acids is 2. The molecule has 0 aromatic heterocycles. The number of benzene rings is 1. The summed E-state index contributed by atoms with van der Waals surface area (Å²) in [5, 5.41) is 2.83. The zero-order valence-corrected chi connectivity index (χ0v) is 12.4. The van der Waals surface area contributed by atoms with E-state index in [1.807, 2.05) is 30.3 Å². The molecule has 1 atom stereocenters. The van der Waals surface area contributed by atoms with Crippen molar-refractivity contribution < 1.29 is 9.59 Å². The zero-order valence-electron chi connectivity index (χ0n) is 12.4. The van der Waals surface area contributed by atoms with E-state index in [4.69, 9.17) is 0 Å². The van der Waals surface area contributed by atoms with Crippen molar-refractivity contribution in [2.75, 3.05) is 13.1 Å². The van der Waals surface area contributed by atoms with Crippen LogP contribution < -0.4 is 5.32 Å². The monoisotopic (exact) mass is 286 g/mol. The highest BCUT2D eigenvalue weighted by Gasteiger charge is 2.20. The average molecular weight is 286 g/mol. The summed E-state index contributed by atoms with van der Waals surface area (Å²) < 4.78 is 0. The van der Waals surface area contributed by atoms with Crippen LogP contribution in [0.25, 0.3) is 0 Å². The van der Waals surface area contributed by atoms with Crippen LogP contribution >= 0.6 is 0 Å². The Hall–Kier alpha value is -2.36. The molecule has 1 aromatic rings. The first-order valence-corrected chi connectivity index (χ1v) is 6.90. The maximum Gasteiger partial charge on any atom is 0.225 e. The molecule has 0 aliphatic rings. The van der Waals surface area contributed by atoms with Crippen LogP contribution in [0.15, 0.2) is 55.6 Å². The smallest absolute Gasteiger partial charge is 0.225 e. The summed E-state index contributed by atoms with van der Waals surface area (Å²) in [6, 6.07) is 9.16. The molecule has 2 amide bonds. The average Bonchev–Trinajstić information content (AvgIpc) is 2.46. The van der Waals surface area contributed by atoms with Gasteiger partial charge in [0.2, 0.25) is 11.8 Å². The van der Waals surface area contributed by atoms with Crippen molar-refractivity contribution in [3.63, 3.8) is 0 Å². The van der Waals surface area contributed by atoms with Gasteiger partial charge in [-0.15, -0.1) is 13.2 Å². The summed E-state index contributed by atoms with van der Waals surface area (Å²) in [7, 11) is 0. The van der Waals surface area contributed by atoms with E-state index < -0.39 is 0 Å². The minimum absolute atomic E-state index is 0.0441. The molecule has 0 spiro atoms. The van der Waals surface area contributed by atoms with E-state index in [2.05, 4.69) is 18.5 Å². The van der Waals surface area contributed by atoms with Gasteiger partial charge in [0.1, 0.15) is 0 Å². The Morgan fingerprint density at radius 2 is 1.76 bits per heavy atom. The van der Waals surface area contributed by atoms with Crippen molar-refractivity contribution in [1.29, 1.82) is 0 Å². The third-order valence-corrected chi connectivity index (χ3v) is 3.01. The molecular formula is C17H22N2O2. The summed E-state index contributed by atoms with van der Waals surface area (Å²) in [5.41, 5.74) is 0.915.